The van der Waals surface area contributed by atoms with Crippen LogP contribution in [0.1, 0.15) is 24.9 Å². The highest BCUT2D eigenvalue weighted by Crippen LogP contribution is 2.23. The SMILES string of the molecule is CCC(c1ccc(Br)cc1)N(C)CCNC. The largest absolute Gasteiger partial charge is 0.318 e. The monoisotopic (exact) mass is 284 g/mol. The van der Waals surface area contributed by atoms with Crippen LogP contribution in [0.5, 0.6) is 0 Å². The lowest BCUT2D eigenvalue weighted by molar-refractivity contribution is 0.240. The number of nitrogens with one attached hydrogen (secondary N) is 1. The van der Waals surface area contributed by atoms with E-state index in [2.05, 4.69) is 64.4 Å². The van der Waals surface area contributed by atoms with Gasteiger partial charge in [-0.1, -0.05) is 35.0 Å². The van der Waals surface area contributed by atoms with Gasteiger partial charge in [-0.25, -0.2) is 0 Å². The van der Waals surface area contributed by atoms with Crippen LogP contribution in [0.15, 0.2) is 28.7 Å². The summed E-state index contributed by atoms with van der Waals surface area (Å²) in [7, 11) is 4.18. The Morgan fingerprint density at radius 1 is 1.31 bits per heavy atom. The molecule has 0 amide bonds. The normalized spacial score (nSPS) is 13.1. The number of nitrogens with zero attached hydrogens (tertiary/aromatic N) is 1. The average molecular weight is 285 g/mol. The van der Waals surface area contributed by atoms with Crippen molar-refractivity contribution in [1.82, 2.24) is 10.2 Å². The summed E-state index contributed by atoms with van der Waals surface area (Å²) in [6.07, 6.45) is 1.14. The molecule has 16 heavy (non-hydrogen) atoms. The lowest BCUT2D eigenvalue weighted by atomic mass is 10.0. The lowest BCUT2D eigenvalue weighted by Crippen LogP contribution is -2.30. The first-order valence-corrected chi connectivity index (χ1v) is 6.58. The molecule has 0 spiro atoms. The minimum absolute atomic E-state index is 0.515. The van der Waals surface area contributed by atoms with Crippen molar-refractivity contribution in [1.29, 1.82) is 0 Å². The smallest absolute Gasteiger partial charge is 0.0343 e. The van der Waals surface area contributed by atoms with Crippen molar-refractivity contribution in [3.8, 4) is 0 Å². The van der Waals surface area contributed by atoms with Crippen molar-refractivity contribution in [2.45, 2.75) is 19.4 Å². The van der Waals surface area contributed by atoms with Gasteiger partial charge in [-0.15, -0.1) is 0 Å². The van der Waals surface area contributed by atoms with E-state index in [-0.39, 0.29) is 0 Å². The van der Waals surface area contributed by atoms with E-state index in [1.54, 1.807) is 0 Å². The molecule has 0 saturated carbocycles. The molecule has 1 aromatic carbocycles. The van der Waals surface area contributed by atoms with Crippen LogP contribution in [0.2, 0.25) is 0 Å². The summed E-state index contributed by atoms with van der Waals surface area (Å²) in [4.78, 5) is 2.40. The number of hydrogen-bond donors (Lipinski definition) is 1. The highest BCUT2D eigenvalue weighted by Gasteiger charge is 2.13. The first-order valence-electron chi connectivity index (χ1n) is 5.79. The molecule has 3 heteroatoms. The number of likely N-dealkylation sites (N-methyl/N-ethyl adjacent to an activating group) is 2. The number of hydrogen-bond acceptors (Lipinski definition) is 2. The molecular weight excluding hydrogens is 264 g/mol. The number of rotatable bonds is 6. The van der Waals surface area contributed by atoms with Gasteiger partial charge in [0.15, 0.2) is 0 Å². The summed E-state index contributed by atoms with van der Waals surface area (Å²) in [5.41, 5.74) is 1.39. The summed E-state index contributed by atoms with van der Waals surface area (Å²) >= 11 is 3.47. The second-order valence-electron chi connectivity index (χ2n) is 4.06. The quantitative estimate of drug-likeness (QED) is 0.864. The Morgan fingerprint density at radius 2 is 1.94 bits per heavy atom. The Balaban J connectivity index is 2.69. The molecule has 0 aliphatic carbocycles. The lowest BCUT2D eigenvalue weighted by Gasteiger charge is -2.27. The van der Waals surface area contributed by atoms with Crippen LogP contribution in [0.4, 0.5) is 0 Å². The molecule has 1 N–H and O–H groups in total. The molecule has 0 fully saturated rings. The second-order valence-corrected chi connectivity index (χ2v) is 4.98. The van der Waals surface area contributed by atoms with Crippen molar-refractivity contribution in [2.24, 2.45) is 0 Å². The molecule has 1 atom stereocenters. The van der Waals surface area contributed by atoms with E-state index in [4.69, 9.17) is 0 Å². The van der Waals surface area contributed by atoms with Crippen LogP contribution in [0.25, 0.3) is 0 Å². The second kappa shape index (κ2) is 7.05. The van der Waals surface area contributed by atoms with Crippen molar-refractivity contribution < 1.29 is 0 Å². The van der Waals surface area contributed by atoms with Gasteiger partial charge in [0.05, 0.1) is 0 Å². The Labute approximate surface area is 107 Å². The zero-order valence-electron chi connectivity index (χ0n) is 10.3. The highest BCUT2D eigenvalue weighted by atomic mass is 79.9. The Morgan fingerprint density at radius 3 is 2.44 bits per heavy atom. The van der Waals surface area contributed by atoms with Crippen molar-refractivity contribution in [2.75, 3.05) is 27.2 Å². The van der Waals surface area contributed by atoms with Gasteiger partial charge in [0.1, 0.15) is 0 Å². The summed E-state index contributed by atoms with van der Waals surface area (Å²) in [5.74, 6) is 0. The molecule has 1 unspecified atom stereocenters. The van der Waals surface area contributed by atoms with E-state index < -0.39 is 0 Å². The van der Waals surface area contributed by atoms with Gasteiger partial charge < -0.3 is 5.32 Å². The molecule has 0 aromatic heterocycles. The van der Waals surface area contributed by atoms with Crippen LogP contribution in [-0.4, -0.2) is 32.1 Å². The van der Waals surface area contributed by atoms with E-state index in [1.165, 1.54) is 5.56 Å². The van der Waals surface area contributed by atoms with E-state index in [1.807, 2.05) is 7.05 Å². The van der Waals surface area contributed by atoms with Crippen LogP contribution in [0, 0.1) is 0 Å². The van der Waals surface area contributed by atoms with E-state index >= 15 is 0 Å². The molecule has 0 bridgehead atoms. The zero-order valence-corrected chi connectivity index (χ0v) is 11.9. The van der Waals surface area contributed by atoms with Gasteiger partial charge >= 0.3 is 0 Å². The van der Waals surface area contributed by atoms with Crippen LogP contribution in [-0.2, 0) is 0 Å². The summed E-state index contributed by atoms with van der Waals surface area (Å²) in [6.45, 7) is 4.34. The van der Waals surface area contributed by atoms with Gasteiger partial charge in [-0.05, 0) is 38.2 Å². The number of halogens is 1. The Hall–Kier alpha value is -0.380. The highest BCUT2D eigenvalue weighted by molar-refractivity contribution is 9.10. The van der Waals surface area contributed by atoms with Crippen molar-refractivity contribution in [3.05, 3.63) is 34.3 Å². The van der Waals surface area contributed by atoms with E-state index in [0.29, 0.717) is 6.04 Å². The summed E-state index contributed by atoms with van der Waals surface area (Å²) in [6, 6.07) is 9.15. The Bertz CT molecular complexity index is 297. The fourth-order valence-corrected chi connectivity index (χ4v) is 2.20. The minimum Gasteiger partial charge on any atom is -0.318 e. The zero-order chi connectivity index (χ0) is 12.0. The molecule has 0 saturated heterocycles. The van der Waals surface area contributed by atoms with Crippen LogP contribution < -0.4 is 5.32 Å². The third-order valence-corrected chi connectivity index (χ3v) is 3.42. The number of benzene rings is 1. The van der Waals surface area contributed by atoms with Gasteiger partial charge in [0.25, 0.3) is 0 Å². The van der Waals surface area contributed by atoms with Crippen molar-refractivity contribution in [3.63, 3.8) is 0 Å². The maximum absolute atomic E-state index is 3.47. The fourth-order valence-electron chi connectivity index (χ4n) is 1.93. The summed E-state index contributed by atoms with van der Waals surface area (Å²) < 4.78 is 1.14. The van der Waals surface area contributed by atoms with Crippen molar-refractivity contribution >= 4 is 15.9 Å². The van der Waals surface area contributed by atoms with Gasteiger partial charge in [-0.2, -0.15) is 0 Å². The third kappa shape index (κ3) is 3.89. The van der Waals surface area contributed by atoms with E-state index in [0.717, 1.165) is 24.0 Å². The van der Waals surface area contributed by atoms with Gasteiger partial charge in [0.2, 0.25) is 0 Å². The topological polar surface area (TPSA) is 15.3 Å². The predicted molar refractivity (Wildman–Crippen MR) is 73.7 cm³/mol. The first-order chi connectivity index (χ1) is 7.69. The van der Waals surface area contributed by atoms with Gasteiger partial charge in [-0.3, -0.25) is 4.90 Å². The molecule has 90 valence electrons. The molecule has 2 nitrogen and oxygen atoms in total. The fraction of sp³-hybridized carbons (Fsp3) is 0.538. The maximum atomic E-state index is 3.47. The standard InChI is InChI=1S/C13H21BrN2/c1-4-13(16(3)10-9-15-2)11-5-7-12(14)8-6-11/h5-8,13,15H,4,9-10H2,1-3H3. The molecule has 0 aliphatic heterocycles. The first kappa shape index (κ1) is 13.7. The molecular formula is C13H21BrN2. The average Bonchev–Trinajstić information content (AvgIpc) is 2.30. The molecule has 0 radical (unpaired) electrons. The molecule has 1 aromatic rings. The molecule has 0 heterocycles. The van der Waals surface area contributed by atoms with Crippen LogP contribution >= 0.6 is 15.9 Å². The van der Waals surface area contributed by atoms with Gasteiger partial charge in [0, 0.05) is 23.6 Å². The van der Waals surface area contributed by atoms with E-state index in [9.17, 15) is 0 Å². The molecule has 1 rings (SSSR count). The molecule has 0 aliphatic rings. The Kier molecular flexibility index (Phi) is 6.03. The summed E-state index contributed by atoms with van der Waals surface area (Å²) in [5, 5.41) is 3.19. The van der Waals surface area contributed by atoms with Crippen LogP contribution in [0.3, 0.4) is 0 Å². The maximum Gasteiger partial charge on any atom is 0.0343 e. The minimum atomic E-state index is 0.515. The predicted octanol–water partition coefficient (Wildman–Crippen LogP) is 3.05. The third-order valence-electron chi connectivity index (χ3n) is 2.89.